The second kappa shape index (κ2) is 3.45. The molecule has 0 bridgehead atoms. The second-order valence-electron chi connectivity index (χ2n) is 3.55. The molecule has 1 aromatic carbocycles. The van der Waals surface area contributed by atoms with Crippen molar-refractivity contribution in [3.05, 3.63) is 35.3 Å². The van der Waals surface area contributed by atoms with Crippen molar-refractivity contribution < 1.29 is 8.81 Å². The van der Waals surface area contributed by atoms with Crippen molar-refractivity contribution in [1.29, 1.82) is 0 Å². The fourth-order valence-corrected chi connectivity index (χ4v) is 1.75. The van der Waals surface area contributed by atoms with E-state index in [1.165, 1.54) is 6.07 Å². The molecule has 1 nitrogen and oxygen atoms in total. The maximum atomic E-state index is 13.5. The van der Waals surface area contributed by atoms with Gasteiger partial charge in [-0.15, -0.1) is 0 Å². The minimum Gasteiger partial charge on any atom is -0.461 e. The Morgan fingerprint density at radius 1 is 1.36 bits per heavy atom. The fraction of sp³-hybridized carbons (Fsp3) is 0.333. The monoisotopic (exact) mass is 192 g/mol. The first-order chi connectivity index (χ1) is 6.72. The molecule has 0 spiro atoms. The highest BCUT2D eigenvalue weighted by Crippen LogP contribution is 2.25. The third kappa shape index (κ3) is 1.41. The summed E-state index contributed by atoms with van der Waals surface area (Å²) >= 11 is 0. The van der Waals surface area contributed by atoms with Gasteiger partial charge < -0.3 is 4.42 Å². The van der Waals surface area contributed by atoms with Gasteiger partial charge in [0.05, 0.1) is 0 Å². The molecule has 0 saturated heterocycles. The zero-order chi connectivity index (χ0) is 10.1. The average molecular weight is 192 g/mol. The van der Waals surface area contributed by atoms with Crippen LogP contribution in [0.4, 0.5) is 4.39 Å². The second-order valence-corrected chi connectivity index (χ2v) is 3.55. The maximum absolute atomic E-state index is 13.5. The first-order valence-electron chi connectivity index (χ1n) is 4.90. The van der Waals surface area contributed by atoms with Crippen LogP contribution in [0.25, 0.3) is 11.0 Å². The molecule has 0 amide bonds. The number of benzene rings is 1. The summed E-state index contributed by atoms with van der Waals surface area (Å²) < 4.78 is 18.9. The van der Waals surface area contributed by atoms with Crippen molar-refractivity contribution in [2.24, 2.45) is 0 Å². The van der Waals surface area contributed by atoms with Gasteiger partial charge in [-0.25, -0.2) is 4.39 Å². The zero-order valence-corrected chi connectivity index (χ0v) is 8.43. The molecule has 0 unspecified atom stereocenters. The van der Waals surface area contributed by atoms with Gasteiger partial charge in [0.2, 0.25) is 0 Å². The van der Waals surface area contributed by atoms with E-state index < -0.39 is 0 Å². The summed E-state index contributed by atoms with van der Waals surface area (Å²) in [5.74, 6) is 0.677. The van der Waals surface area contributed by atoms with Crippen LogP contribution >= 0.6 is 0 Å². The minimum atomic E-state index is -0.159. The van der Waals surface area contributed by atoms with Crippen molar-refractivity contribution in [2.45, 2.75) is 26.7 Å². The van der Waals surface area contributed by atoms with E-state index in [4.69, 9.17) is 4.42 Å². The third-order valence-electron chi connectivity index (χ3n) is 2.36. The lowest BCUT2D eigenvalue weighted by atomic mass is 10.1. The predicted octanol–water partition coefficient (Wildman–Crippen LogP) is 3.83. The van der Waals surface area contributed by atoms with Crippen LogP contribution in [-0.2, 0) is 6.42 Å². The lowest BCUT2D eigenvalue weighted by molar-refractivity contribution is 0.559. The van der Waals surface area contributed by atoms with E-state index in [1.807, 2.05) is 19.9 Å². The van der Waals surface area contributed by atoms with Crippen molar-refractivity contribution in [3.63, 3.8) is 0 Å². The van der Waals surface area contributed by atoms with Gasteiger partial charge in [-0.1, -0.05) is 13.3 Å². The molecular formula is C12H13FO. The molecule has 0 fully saturated rings. The van der Waals surface area contributed by atoms with E-state index in [9.17, 15) is 4.39 Å². The number of halogens is 1. The highest BCUT2D eigenvalue weighted by atomic mass is 19.1. The molecule has 2 aromatic rings. The third-order valence-corrected chi connectivity index (χ3v) is 2.36. The Morgan fingerprint density at radius 2 is 2.14 bits per heavy atom. The summed E-state index contributed by atoms with van der Waals surface area (Å²) in [7, 11) is 0. The van der Waals surface area contributed by atoms with E-state index in [0.29, 0.717) is 11.1 Å². The normalized spacial score (nSPS) is 11.1. The molecule has 0 saturated carbocycles. The summed E-state index contributed by atoms with van der Waals surface area (Å²) in [4.78, 5) is 0. The van der Waals surface area contributed by atoms with Gasteiger partial charge in [0.1, 0.15) is 17.2 Å². The number of aryl methyl sites for hydroxylation is 2. The smallest absolute Gasteiger partial charge is 0.140 e. The van der Waals surface area contributed by atoms with Gasteiger partial charge in [-0.3, -0.25) is 0 Å². The van der Waals surface area contributed by atoms with Gasteiger partial charge in [0.15, 0.2) is 0 Å². The molecule has 74 valence electrons. The van der Waals surface area contributed by atoms with E-state index >= 15 is 0 Å². The van der Waals surface area contributed by atoms with Crippen LogP contribution in [0.1, 0.15) is 24.7 Å². The van der Waals surface area contributed by atoms with Crippen LogP contribution in [0.3, 0.4) is 0 Å². The molecule has 0 aliphatic carbocycles. The Balaban J connectivity index is 2.68. The number of furan rings is 1. The predicted molar refractivity (Wildman–Crippen MR) is 54.9 cm³/mol. The van der Waals surface area contributed by atoms with E-state index in [-0.39, 0.29) is 5.82 Å². The molecular weight excluding hydrogens is 179 g/mol. The quantitative estimate of drug-likeness (QED) is 0.704. The van der Waals surface area contributed by atoms with Gasteiger partial charge in [0.25, 0.3) is 0 Å². The van der Waals surface area contributed by atoms with Crippen LogP contribution in [0.2, 0.25) is 0 Å². The standard InChI is InChI=1S/C12H13FO/c1-3-4-10-11(13)6-5-9-7-8(2)14-12(9)10/h5-7H,3-4H2,1-2H3. The number of hydrogen-bond acceptors (Lipinski definition) is 1. The van der Waals surface area contributed by atoms with Crippen molar-refractivity contribution in [1.82, 2.24) is 0 Å². The summed E-state index contributed by atoms with van der Waals surface area (Å²) in [5, 5.41) is 0.993. The summed E-state index contributed by atoms with van der Waals surface area (Å²) in [6.45, 7) is 3.92. The van der Waals surface area contributed by atoms with E-state index in [1.54, 1.807) is 6.07 Å². The molecule has 0 aliphatic rings. The molecule has 0 N–H and O–H groups in total. The van der Waals surface area contributed by atoms with E-state index in [2.05, 4.69) is 0 Å². The highest BCUT2D eigenvalue weighted by molar-refractivity contribution is 5.81. The van der Waals surface area contributed by atoms with Gasteiger partial charge in [-0.2, -0.15) is 0 Å². The molecule has 1 aromatic heterocycles. The number of hydrogen-bond donors (Lipinski definition) is 0. The van der Waals surface area contributed by atoms with Crippen LogP contribution in [0.15, 0.2) is 22.6 Å². The Labute approximate surface area is 82.5 Å². The lowest BCUT2D eigenvalue weighted by Crippen LogP contribution is -1.89. The highest BCUT2D eigenvalue weighted by Gasteiger charge is 2.10. The van der Waals surface area contributed by atoms with Crippen LogP contribution < -0.4 is 0 Å². The van der Waals surface area contributed by atoms with Gasteiger partial charge >= 0.3 is 0 Å². The lowest BCUT2D eigenvalue weighted by Gasteiger charge is -2.01. The van der Waals surface area contributed by atoms with Crippen molar-refractivity contribution in [2.75, 3.05) is 0 Å². The SMILES string of the molecule is CCCc1c(F)ccc2cc(C)oc12. The maximum Gasteiger partial charge on any atom is 0.140 e. The Morgan fingerprint density at radius 3 is 2.86 bits per heavy atom. The van der Waals surface area contributed by atoms with Gasteiger partial charge in [0, 0.05) is 10.9 Å². The van der Waals surface area contributed by atoms with E-state index in [0.717, 1.165) is 24.0 Å². The fourth-order valence-electron chi connectivity index (χ4n) is 1.75. The molecule has 0 atom stereocenters. The summed E-state index contributed by atoms with van der Waals surface area (Å²) in [6.07, 6.45) is 1.66. The number of fused-ring (bicyclic) bond motifs is 1. The summed E-state index contributed by atoms with van der Waals surface area (Å²) in [5.41, 5.74) is 1.42. The van der Waals surface area contributed by atoms with Crippen molar-refractivity contribution >= 4 is 11.0 Å². The summed E-state index contributed by atoms with van der Waals surface area (Å²) in [6, 6.07) is 5.22. The Hall–Kier alpha value is -1.31. The molecule has 2 heteroatoms. The number of rotatable bonds is 2. The molecule has 2 rings (SSSR count). The van der Waals surface area contributed by atoms with Crippen LogP contribution in [0.5, 0.6) is 0 Å². The topological polar surface area (TPSA) is 13.1 Å². The first-order valence-corrected chi connectivity index (χ1v) is 4.90. The van der Waals surface area contributed by atoms with Crippen molar-refractivity contribution in [3.8, 4) is 0 Å². The first kappa shape index (κ1) is 9.25. The Bertz CT molecular complexity index is 457. The average Bonchev–Trinajstić information content (AvgIpc) is 2.51. The zero-order valence-electron chi connectivity index (χ0n) is 8.43. The molecule has 14 heavy (non-hydrogen) atoms. The van der Waals surface area contributed by atoms with Crippen LogP contribution in [0, 0.1) is 12.7 Å². The minimum absolute atomic E-state index is 0.159. The Kier molecular flexibility index (Phi) is 2.28. The molecule has 1 heterocycles. The van der Waals surface area contributed by atoms with Gasteiger partial charge in [-0.05, 0) is 31.5 Å². The largest absolute Gasteiger partial charge is 0.461 e. The molecule has 0 radical (unpaired) electrons. The molecule has 0 aliphatic heterocycles. The van der Waals surface area contributed by atoms with Crippen LogP contribution in [-0.4, -0.2) is 0 Å².